The van der Waals surface area contributed by atoms with Crippen molar-refractivity contribution >= 4 is 35.8 Å². The molecule has 0 aliphatic carbocycles. The fraction of sp³-hybridized carbons (Fsp3) is 0.364. The summed E-state index contributed by atoms with van der Waals surface area (Å²) in [6.07, 6.45) is 2.67. The summed E-state index contributed by atoms with van der Waals surface area (Å²) in [7, 11) is 1.64. The Morgan fingerprint density at radius 2 is 1.79 bits per heavy atom. The summed E-state index contributed by atoms with van der Waals surface area (Å²) in [5.74, 6) is 1.02. The van der Waals surface area contributed by atoms with E-state index in [1.807, 2.05) is 43.3 Å². The molecule has 0 aromatic heterocycles. The molecular formula is C22H31IN4O2. The highest BCUT2D eigenvalue weighted by molar-refractivity contribution is 14.0. The molecule has 0 fully saturated rings. The van der Waals surface area contributed by atoms with Crippen LogP contribution in [0.4, 0.5) is 0 Å². The van der Waals surface area contributed by atoms with Crippen LogP contribution in [0.2, 0.25) is 0 Å². The largest absolute Gasteiger partial charge is 0.508 e. The number of amides is 1. The minimum Gasteiger partial charge on any atom is -0.508 e. The lowest BCUT2D eigenvalue weighted by Crippen LogP contribution is -2.38. The number of rotatable bonds is 9. The zero-order valence-electron chi connectivity index (χ0n) is 17.1. The van der Waals surface area contributed by atoms with Crippen molar-refractivity contribution in [1.29, 1.82) is 0 Å². The van der Waals surface area contributed by atoms with Crippen LogP contribution in [0, 0.1) is 0 Å². The van der Waals surface area contributed by atoms with Gasteiger partial charge in [0.05, 0.1) is 0 Å². The van der Waals surface area contributed by atoms with Crippen molar-refractivity contribution in [3.63, 3.8) is 0 Å². The van der Waals surface area contributed by atoms with E-state index in [1.165, 1.54) is 5.56 Å². The summed E-state index contributed by atoms with van der Waals surface area (Å²) in [4.78, 5) is 16.3. The topological polar surface area (TPSA) is 85.8 Å². The predicted octanol–water partition coefficient (Wildman–Crippen LogP) is 3.10. The number of benzene rings is 2. The SMILES string of the molecule is CCNC(=NCCCc1ccc(O)cc1)NCCc1cccc(C(=O)NC)c1.I. The van der Waals surface area contributed by atoms with Crippen molar-refractivity contribution in [3.05, 3.63) is 65.2 Å². The molecule has 0 atom stereocenters. The fourth-order valence-corrected chi connectivity index (χ4v) is 2.82. The van der Waals surface area contributed by atoms with Crippen LogP contribution in [-0.2, 0) is 12.8 Å². The number of hydrogen-bond donors (Lipinski definition) is 4. The number of phenols is 1. The Morgan fingerprint density at radius 3 is 2.48 bits per heavy atom. The summed E-state index contributed by atoms with van der Waals surface area (Å²) in [6, 6.07) is 15.0. The molecule has 2 rings (SSSR count). The molecule has 7 heteroatoms. The third-order valence-corrected chi connectivity index (χ3v) is 4.30. The number of guanidine groups is 1. The zero-order chi connectivity index (χ0) is 20.2. The molecule has 4 N–H and O–H groups in total. The minimum absolute atomic E-state index is 0. The van der Waals surface area contributed by atoms with Crippen LogP contribution in [-0.4, -0.2) is 43.7 Å². The average Bonchev–Trinajstić information content (AvgIpc) is 2.72. The minimum atomic E-state index is -0.0710. The van der Waals surface area contributed by atoms with Crippen molar-refractivity contribution in [2.45, 2.75) is 26.2 Å². The van der Waals surface area contributed by atoms with E-state index < -0.39 is 0 Å². The lowest BCUT2D eigenvalue weighted by molar-refractivity contribution is 0.0963. The standard InChI is InChI=1S/C22H30N4O2.HI/c1-3-24-22(25-14-5-7-17-9-11-20(27)12-10-17)26-15-13-18-6-4-8-19(16-18)21(28)23-2;/h4,6,8-12,16,27H,3,5,7,13-15H2,1-2H3,(H,23,28)(H2,24,25,26);1H. The van der Waals surface area contributed by atoms with Gasteiger partial charge in [0.15, 0.2) is 5.96 Å². The Bertz CT molecular complexity index is 779. The van der Waals surface area contributed by atoms with Gasteiger partial charge in [-0.15, -0.1) is 24.0 Å². The molecule has 0 radical (unpaired) electrons. The number of aryl methyl sites for hydroxylation is 1. The van der Waals surface area contributed by atoms with E-state index in [-0.39, 0.29) is 29.9 Å². The van der Waals surface area contributed by atoms with E-state index in [2.05, 4.69) is 20.9 Å². The molecule has 0 aliphatic rings. The van der Waals surface area contributed by atoms with E-state index in [4.69, 9.17) is 0 Å². The van der Waals surface area contributed by atoms with Gasteiger partial charge in [0.1, 0.15) is 5.75 Å². The van der Waals surface area contributed by atoms with Crippen LogP contribution in [0.3, 0.4) is 0 Å². The second kappa shape index (κ2) is 13.8. The van der Waals surface area contributed by atoms with E-state index >= 15 is 0 Å². The van der Waals surface area contributed by atoms with Gasteiger partial charge < -0.3 is 21.1 Å². The molecular weight excluding hydrogens is 479 g/mol. The Kier molecular flexibility index (Phi) is 11.8. The number of nitrogens with zero attached hydrogens (tertiary/aromatic N) is 1. The van der Waals surface area contributed by atoms with Crippen molar-refractivity contribution in [2.75, 3.05) is 26.7 Å². The molecule has 6 nitrogen and oxygen atoms in total. The van der Waals surface area contributed by atoms with Crippen molar-refractivity contribution in [1.82, 2.24) is 16.0 Å². The van der Waals surface area contributed by atoms with E-state index in [1.54, 1.807) is 19.2 Å². The lowest BCUT2D eigenvalue weighted by Gasteiger charge is -2.12. The maximum Gasteiger partial charge on any atom is 0.251 e. The summed E-state index contributed by atoms with van der Waals surface area (Å²) < 4.78 is 0. The summed E-state index contributed by atoms with van der Waals surface area (Å²) in [5, 5.41) is 18.6. The molecule has 29 heavy (non-hydrogen) atoms. The Labute approximate surface area is 190 Å². The first-order valence-corrected chi connectivity index (χ1v) is 9.73. The number of aliphatic imine (C=N–C) groups is 1. The maximum atomic E-state index is 11.7. The van der Waals surface area contributed by atoms with Gasteiger partial charge in [0, 0.05) is 32.2 Å². The van der Waals surface area contributed by atoms with Crippen LogP contribution < -0.4 is 16.0 Å². The molecule has 0 spiro atoms. The highest BCUT2D eigenvalue weighted by Crippen LogP contribution is 2.11. The molecule has 2 aromatic carbocycles. The smallest absolute Gasteiger partial charge is 0.251 e. The van der Waals surface area contributed by atoms with Crippen LogP contribution in [0.25, 0.3) is 0 Å². The number of nitrogens with one attached hydrogen (secondary N) is 3. The maximum absolute atomic E-state index is 11.7. The van der Waals surface area contributed by atoms with Crippen LogP contribution in [0.1, 0.15) is 34.8 Å². The highest BCUT2D eigenvalue weighted by atomic mass is 127. The molecule has 0 unspecified atom stereocenters. The number of carbonyl (C=O) groups excluding carboxylic acids is 1. The first-order chi connectivity index (χ1) is 13.6. The average molecular weight is 510 g/mol. The van der Waals surface area contributed by atoms with Gasteiger partial charge in [-0.2, -0.15) is 0 Å². The van der Waals surface area contributed by atoms with E-state index in [0.717, 1.165) is 50.4 Å². The van der Waals surface area contributed by atoms with Crippen molar-refractivity contribution in [3.8, 4) is 5.75 Å². The van der Waals surface area contributed by atoms with Gasteiger partial charge in [-0.25, -0.2) is 0 Å². The Hall–Kier alpha value is -2.29. The third kappa shape index (κ3) is 9.17. The summed E-state index contributed by atoms with van der Waals surface area (Å²) in [6.45, 7) is 4.31. The molecule has 0 saturated carbocycles. The van der Waals surface area contributed by atoms with Gasteiger partial charge in [-0.1, -0.05) is 24.3 Å². The summed E-state index contributed by atoms with van der Waals surface area (Å²) in [5.41, 5.74) is 2.98. The van der Waals surface area contributed by atoms with Crippen LogP contribution in [0.5, 0.6) is 5.75 Å². The number of carbonyl (C=O) groups is 1. The second-order valence-electron chi connectivity index (χ2n) is 6.49. The quantitative estimate of drug-likeness (QED) is 0.181. The van der Waals surface area contributed by atoms with E-state index in [9.17, 15) is 9.90 Å². The molecule has 0 heterocycles. The fourth-order valence-electron chi connectivity index (χ4n) is 2.82. The Balaban J connectivity index is 0.00000420. The van der Waals surface area contributed by atoms with Gasteiger partial charge in [0.2, 0.25) is 0 Å². The molecule has 0 bridgehead atoms. The van der Waals surface area contributed by atoms with E-state index in [0.29, 0.717) is 11.3 Å². The first-order valence-electron chi connectivity index (χ1n) is 9.73. The first kappa shape index (κ1) is 24.7. The number of phenolic OH excluding ortho intramolecular Hbond substituents is 1. The second-order valence-corrected chi connectivity index (χ2v) is 6.49. The molecule has 1 amide bonds. The lowest BCUT2D eigenvalue weighted by atomic mass is 10.1. The highest BCUT2D eigenvalue weighted by Gasteiger charge is 2.04. The van der Waals surface area contributed by atoms with Gasteiger partial charge in [-0.05, 0) is 61.6 Å². The predicted molar refractivity (Wildman–Crippen MR) is 129 cm³/mol. The third-order valence-electron chi connectivity index (χ3n) is 4.30. The zero-order valence-corrected chi connectivity index (χ0v) is 19.4. The van der Waals surface area contributed by atoms with Crippen molar-refractivity contribution < 1.29 is 9.90 Å². The molecule has 158 valence electrons. The van der Waals surface area contributed by atoms with Gasteiger partial charge in [-0.3, -0.25) is 9.79 Å². The molecule has 0 saturated heterocycles. The normalized spacial score (nSPS) is 10.8. The monoisotopic (exact) mass is 510 g/mol. The van der Waals surface area contributed by atoms with Crippen LogP contribution in [0.15, 0.2) is 53.5 Å². The number of halogens is 1. The number of aromatic hydroxyl groups is 1. The van der Waals surface area contributed by atoms with Crippen LogP contribution >= 0.6 is 24.0 Å². The van der Waals surface area contributed by atoms with Crippen molar-refractivity contribution in [2.24, 2.45) is 4.99 Å². The summed E-state index contributed by atoms with van der Waals surface area (Å²) >= 11 is 0. The Morgan fingerprint density at radius 1 is 1.03 bits per heavy atom. The molecule has 2 aromatic rings. The molecule has 0 aliphatic heterocycles. The number of hydrogen-bond acceptors (Lipinski definition) is 3. The van der Waals surface area contributed by atoms with Gasteiger partial charge in [0.25, 0.3) is 5.91 Å². The van der Waals surface area contributed by atoms with Gasteiger partial charge >= 0.3 is 0 Å².